The van der Waals surface area contributed by atoms with Gasteiger partial charge in [0.05, 0.1) is 10.7 Å². The number of anilines is 1. The van der Waals surface area contributed by atoms with E-state index in [9.17, 15) is 9.90 Å². The quantitative estimate of drug-likeness (QED) is 0.527. The summed E-state index contributed by atoms with van der Waals surface area (Å²) in [5.41, 5.74) is 8.56. The number of phenolic OH excluding ortho intramolecular Hbond substituents is 1. The molecule has 1 saturated heterocycles. The molecule has 0 aromatic heterocycles. The second kappa shape index (κ2) is 5.57. The standard InChI is InChI=1S/C11H10Cl2N4O2/c12-7-2-8(13)11(19)9(3-7)17-5-6(1-10(17)18)4-15-16-14/h2-3,6,19H,1,4-5H2. The minimum absolute atomic E-state index is 0.0689. The third kappa shape index (κ3) is 2.87. The summed E-state index contributed by atoms with van der Waals surface area (Å²) < 4.78 is 0. The van der Waals surface area contributed by atoms with Crippen molar-refractivity contribution in [3.05, 3.63) is 32.6 Å². The van der Waals surface area contributed by atoms with Crippen LogP contribution in [0.15, 0.2) is 17.2 Å². The highest BCUT2D eigenvalue weighted by molar-refractivity contribution is 6.36. The fraction of sp³-hybridized carbons (Fsp3) is 0.364. The van der Waals surface area contributed by atoms with Crippen LogP contribution in [0.3, 0.4) is 0 Å². The van der Waals surface area contributed by atoms with Crippen LogP contribution in [-0.4, -0.2) is 24.1 Å². The minimum atomic E-state index is -0.177. The SMILES string of the molecule is [N-]=[N+]=NCC1CC(=O)N(c2cc(Cl)cc(Cl)c2O)C1. The summed E-state index contributed by atoms with van der Waals surface area (Å²) in [6.45, 7) is 0.607. The molecule has 0 aliphatic carbocycles. The number of halogens is 2. The van der Waals surface area contributed by atoms with Gasteiger partial charge >= 0.3 is 0 Å². The Bertz CT molecular complexity index is 572. The van der Waals surface area contributed by atoms with Crippen LogP contribution >= 0.6 is 23.2 Å². The van der Waals surface area contributed by atoms with Crippen molar-refractivity contribution in [2.45, 2.75) is 6.42 Å². The fourth-order valence-corrected chi connectivity index (χ4v) is 2.53. The fourth-order valence-electron chi connectivity index (χ4n) is 2.05. The second-order valence-electron chi connectivity index (χ2n) is 4.24. The number of hydrogen-bond donors (Lipinski definition) is 1. The van der Waals surface area contributed by atoms with Gasteiger partial charge in [-0.05, 0) is 23.6 Å². The first-order valence-electron chi connectivity index (χ1n) is 5.52. The van der Waals surface area contributed by atoms with E-state index in [4.69, 9.17) is 28.7 Å². The first kappa shape index (κ1) is 13.8. The van der Waals surface area contributed by atoms with Crippen LogP contribution in [-0.2, 0) is 4.79 Å². The Morgan fingerprint density at radius 1 is 1.53 bits per heavy atom. The largest absolute Gasteiger partial charge is 0.504 e. The Hall–Kier alpha value is -1.62. The zero-order valence-corrected chi connectivity index (χ0v) is 11.3. The second-order valence-corrected chi connectivity index (χ2v) is 5.09. The maximum Gasteiger partial charge on any atom is 0.227 e. The monoisotopic (exact) mass is 300 g/mol. The maximum absolute atomic E-state index is 11.9. The lowest BCUT2D eigenvalue weighted by Gasteiger charge is -2.18. The number of phenols is 1. The molecule has 1 aliphatic rings. The summed E-state index contributed by atoms with van der Waals surface area (Å²) in [5, 5.41) is 13.8. The first-order valence-corrected chi connectivity index (χ1v) is 6.27. The predicted octanol–water partition coefficient (Wildman–Crippen LogP) is 3.36. The number of nitrogens with zero attached hydrogens (tertiary/aromatic N) is 4. The van der Waals surface area contributed by atoms with Gasteiger partial charge in [-0.3, -0.25) is 4.79 Å². The molecule has 8 heteroatoms. The molecular weight excluding hydrogens is 291 g/mol. The molecule has 100 valence electrons. The summed E-state index contributed by atoms with van der Waals surface area (Å²) in [5.74, 6) is -0.406. The van der Waals surface area contributed by atoms with Gasteiger partial charge in [-0.25, -0.2) is 0 Å². The average Bonchev–Trinajstić information content (AvgIpc) is 2.72. The smallest absolute Gasteiger partial charge is 0.227 e. The van der Waals surface area contributed by atoms with Gasteiger partial charge in [0.15, 0.2) is 5.75 Å². The van der Waals surface area contributed by atoms with Gasteiger partial charge in [0.25, 0.3) is 0 Å². The van der Waals surface area contributed by atoms with Crippen molar-refractivity contribution in [2.24, 2.45) is 11.0 Å². The highest BCUT2D eigenvalue weighted by atomic mass is 35.5. The van der Waals surface area contributed by atoms with E-state index in [2.05, 4.69) is 10.0 Å². The third-order valence-corrected chi connectivity index (χ3v) is 3.41. The molecular formula is C11H10Cl2N4O2. The zero-order chi connectivity index (χ0) is 14.0. The molecule has 19 heavy (non-hydrogen) atoms. The van der Waals surface area contributed by atoms with Crippen LogP contribution in [0.2, 0.25) is 10.0 Å². The van der Waals surface area contributed by atoms with Crippen LogP contribution < -0.4 is 4.90 Å². The summed E-state index contributed by atoms with van der Waals surface area (Å²) in [6, 6.07) is 2.89. The molecule has 1 fully saturated rings. The van der Waals surface area contributed by atoms with Crippen LogP contribution in [0.5, 0.6) is 5.75 Å². The van der Waals surface area contributed by atoms with Gasteiger partial charge in [0.1, 0.15) is 0 Å². The summed E-state index contributed by atoms with van der Waals surface area (Å²) in [4.78, 5) is 16.0. The molecule has 1 heterocycles. The number of amides is 1. The Kier molecular flexibility index (Phi) is 4.04. The van der Waals surface area contributed by atoms with E-state index in [1.54, 1.807) is 0 Å². The lowest BCUT2D eigenvalue weighted by atomic mass is 10.1. The van der Waals surface area contributed by atoms with Crippen molar-refractivity contribution < 1.29 is 9.90 Å². The van der Waals surface area contributed by atoms with Crippen LogP contribution in [0.25, 0.3) is 10.4 Å². The summed E-state index contributed by atoms with van der Waals surface area (Å²) in [7, 11) is 0. The molecule has 1 amide bonds. The van der Waals surface area contributed by atoms with Crippen molar-refractivity contribution in [1.29, 1.82) is 0 Å². The Morgan fingerprint density at radius 3 is 2.95 bits per heavy atom. The lowest BCUT2D eigenvalue weighted by molar-refractivity contribution is -0.117. The molecule has 0 radical (unpaired) electrons. The molecule has 1 N–H and O–H groups in total. The van der Waals surface area contributed by atoms with Crippen molar-refractivity contribution in [3.63, 3.8) is 0 Å². The highest BCUT2D eigenvalue weighted by Crippen LogP contribution is 2.39. The molecule has 0 bridgehead atoms. The number of carbonyl (C=O) groups is 1. The van der Waals surface area contributed by atoms with E-state index in [0.29, 0.717) is 11.6 Å². The van der Waals surface area contributed by atoms with Crippen molar-refractivity contribution >= 4 is 34.8 Å². The van der Waals surface area contributed by atoms with Crippen molar-refractivity contribution in [2.75, 3.05) is 18.0 Å². The van der Waals surface area contributed by atoms with Crippen molar-refractivity contribution in [3.8, 4) is 5.75 Å². The third-order valence-electron chi connectivity index (χ3n) is 2.91. The van der Waals surface area contributed by atoms with Gasteiger partial charge in [-0.2, -0.15) is 0 Å². The highest BCUT2D eigenvalue weighted by Gasteiger charge is 2.32. The molecule has 1 atom stereocenters. The molecule has 0 saturated carbocycles. The molecule has 2 rings (SSSR count). The Balaban J connectivity index is 2.28. The van der Waals surface area contributed by atoms with Gasteiger partial charge in [-0.15, -0.1) is 0 Å². The van der Waals surface area contributed by atoms with E-state index in [0.717, 1.165) is 0 Å². The Morgan fingerprint density at radius 2 is 2.26 bits per heavy atom. The molecule has 1 unspecified atom stereocenters. The molecule has 1 aromatic rings. The number of hydrogen-bond acceptors (Lipinski definition) is 3. The van der Waals surface area contributed by atoms with Crippen LogP contribution in [0.1, 0.15) is 6.42 Å². The van der Waals surface area contributed by atoms with Crippen LogP contribution in [0, 0.1) is 5.92 Å². The maximum atomic E-state index is 11.9. The summed E-state index contributed by atoms with van der Waals surface area (Å²) >= 11 is 11.7. The van der Waals surface area contributed by atoms with E-state index < -0.39 is 0 Å². The zero-order valence-electron chi connectivity index (χ0n) is 9.75. The van der Waals surface area contributed by atoms with Gasteiger partial charge in [0.2, 0.25) is 5.91 Å². The minimum Gasteiger partial charge on any atom is -0.504 e. The number of aromatic hydroxyl groups is 1. The van der Waals surface area contributed by atoms with E-state index in [1.807, 2.05) is 0 Å². The lowest BCUT2D eigenvalue weighted by Crippen LogP contribution is -2.24. The van der Waals surface area contributed by atoms with Gasteiger partial charge in [-0.1, -0.05) is 28.3 Å². The van der Waals surface area contributed by atoms with Crippen molar-refractivity contribution in [1.82, 2.24) is 0 Å². The molecule has 1 aliphatic heterocycles. The van der Waals surface area contributed by atoms with E-state index >= 15 is 0 Å². The van der Waals surface area contributed by atoms with Crippen LogP contribution in [0.4, 0.5) is 5.69 Å². The van der Waals surface area contributed by atoms with Gasteiger partial charge < -0.3 is 10.0 Å². The average molecular weight is 301 g/mol. The molecule has 6 nitrogen and oxygen atoms in total. The number of benzene rings is 1. The number of azide groups is 1. The Labute approximate surface area is 119 Å². The first-order chi connectivity index (χ1) is 9.02. The van der Waals surface area contributed by atoms with Gasteiger partial charge in [0, 0.05) is 29.4 Å². The number of carbonyl (C=O) groups excluding carboxylic acids is 1. The van der Waals surface area contributed by atoms with E-state index in [-0.39, 0.29) is 41.3 Å². The number of rotatable bonds is 3. The summed E-state index contributed by atoms with van der Waals surface area (Å²) in [6.07, 6.45) is 0.266. The normalized spacial score (nSPS) is 18.5. The predicted molar refractivity (Wildman–Crippen MR) is 72.6 cm³/mol. The van der Waals surface area contributed by atoms with E-state index in [1.165, 1.54) is 17.0 Å². The topological polar surface area (TPSA) is 89.3 Å². The molecule has 1 aromatic carbocycles. The molecule has 0 spiro atoms.